The van der Waals surface area contributed by atoms with Crippen molar-refractivity contribution in [2.24, 2.45) is 5.92 Å². The zero-order chi connectivity index (χ0) is 14.9. The maximum atomic E-state index is 12.0. The lowest BCUT2D eigenvalue weighted by atomic mass is 9.96. The fourth-order valence-electron chi connectivity index (χ4n) is 2.29. The molecule has 1 aromatic heterocycles. The summed E-state index contributed by atoms with van der Waals surface area (Å²) in [6, 6.07) is 0. The Bertz CT molecular complexity index is 492. The third-order valence-corrected chi connectivity index (χ3v) is 3.16. The number of hydrogen-bond acceptors (Lipinski definition) is 4. The number of nitrogens with one attached hydrogen (secondary N) is 1. The predicted molar refractivity (Wildman–Crippen MR) is 70.3 cm³/mol. The second-order valence-corrected chi connectivity index (χ2v) is 5.91. The summed E-state index contributed by atoms with van der Waals surface area (Å²) in [7, 11) is 0. The third-order valence-electron chi connectivity index (χ3n) is 3.16. The fourth-order valence-corrected chi connectivity index (χ4v) is 2.29. The van der Waals surface area contributed by atoms with Gasteiger partial charge in [0.25, 0.3) is 0 Å². The van der Waals surface area contributed by atoms with Gasteiger partial charge in [0.1, 0.15) is 11.4 Å². The van der Waals surface area contributed by atoms with E-state index in [9.17, 15) is 14.7 Å². The molecule has 0 aliphatic carbocycles. The van der Waals surface area contributed by atoms with Gasteiger partial charge in [-0.3, -0.25) is 4.79 Å². The van der Waals surface area contributed by atoms with Gasteiger partial charge in [-0.15, -0.1) is 0 Å². The molecule has 0 saturated carbocycles. The summed E-state index contributed by atoms with van der Waals surface area (Å²) in [5.74, 6) is -1.36. The van der Waals surface area contributed by atoms with E-state index in [0.29, 0.717) is 12.4 Å². The van der Waals surface area contributed by atoms with Gasteiger partial charge in [0.05, 0.1) is 5.92 Å². The number of carbonyl (C=O) groups is 2. The van der Waals surface area contributed by atoms with Gasteiger partial charge in [0.2, 0.25) is 0 Å². The standard InChI is InChI=1S/C13H19N3O4/c1-13(2,3)20-12(19)16-6-8(9(7-16)11(17)18)10-14-4-5-15-10/h4-5,8-9H,6-7H2,1-3H3,(H,14,15)(H,17,18). The number of carboxylic acid groups (broad SMARTS) is 1. The van der Waals surface area contributed by atoms with Gasteiger partial charge >= 0.3 is 12.1 Å². The second kappa shape index (κ2) is 5.15. The summed E-state index contributed by atoms with van der Waals surface area (Å²) in [5.41, 5.74) is -0.599. The molecule has 1 amide bonds. The van der Waals surface area contributed by atoms with Crippen LogP contribution in [0.4, 0.5) is 4.79 Å². The summed E-state index contributed by atoms with van der Waals surface area (Å²) < 4.78 is 5.28. The Morgan fingerprint density at radius 2 is 2.15 bits per heavy atom. The highest BCUT2D eigenvalue weighted by atomic mass is 16.6. The summed E-state index contributed by atoms with van der Waals surface area (Å²) in [5, 5.41) is 9.29. The van der Waals surface area contributed by atoms with Crippen molar-refractivity contribution >= 4 is 12.1 Å². The number of rotatable bonds is 2. The van der Waals surface area contributed by atoms with Crippen molar-refractivity contribution in [2.75, 3.05) is 13.1 Å². The molecule has 110 valence electrons. The lowest BCUT2D eigenvalue weighted by Gasteiger charge is -2.24. The molecule has 0 aromatic carbocycles. The number of aliphatic carboxylic acids is 1. The average molecular weight is 281 g/mol. The summed E-state index contributed by atoms with van der Waals surface area (Å²) in [6.45, 7) is 5.76. The number of aromatic nitrogens is 2. The number of nitrogens with zero attached hydrogens (tertiary/aromatic N) is 2. The van der Waals surface area contributed by atoms with E-state index in [-0.39, 0.29) is 12.5 Å². The molecule has 1 aliphatic rings. The van der Waals surface area contributed by atoms with Crippen molar-refractivity contribution < 1.29 is 19.4 Å². The van der Waals surface area contributed by atoms with Crippen molar-refractivity contribution in [1.29, 1.82) is 0 Å². The molecule has 20 heavy (non-hydrogen) atoms. The summed E-state index contributed by atoms with van der Waals surface area (Å²) in [4.78, 5) is 31.8. The number of carboxylic acids is 1. The molecule has 1 saturated heterocycles. The van der Waals surface area contributed by atoms with Crippen LogP contribution in [0.1, 0.15) is 32.5 Å². The molecular formula is C13H19N3O4. The van der Waals surface area contributed by atoms with Crippen LogP contribution in [0.15, 0.2) is 12.4 Å². The van der Waals surface area contributed by atoms with Gasteiger partial charge in [-0.2, -0.15) is 0 Å². The number of H-pyrrole nitrogens is 1. The molecule has 7 heteroatoms. The second-order valence-electron chi connectivity index (χ2n) is 5.91. The Balaban J connectivity index is 2.12. The smallest absolute Gasteiger partial charge is 0.410 e. The van der Waals surface area contributed by atoms with E-state index >= 15 is 0 Å². The largest absolute Gasteiger partial charge is 0.481 e. The molecular weight excluding hydrogens is 262 g/mol. The number of hydrogen-bond donors (Lipinski definition) is 2. The van der Waals surface area contributed by atoms with Crippen molar-refractivity contribution in [3.05, 3.63) is 18.2 Å². The topological polar surface area (TPSA) is 95.5 Å². The number of ether oxygens (including phenoxy) is 1. The minimum atomic E-state index is -0.933. The first kappa shape index (κ1) is 14.4. The van der Waals surface area contributed by atoms with E-state index in [1.165, 1.54) is 4.90 Å². The Morgan fingerprint density at radius 1 is 1.45 bits per heavy atom. The van der Waals surface area contributed by atoms with Crippen LogP contribution in [0.5, 0.6) is 0 Å². The van der Waals surface area contributed by atoms with E-state index in [2.05, 4.69) is 9.97 Å². The van der Waals surface area contributed by atoms with Crippen LogP contribution in [0, 0.1) is 5.92 Å². The molecule has 2 unspecified atom stereocenters. The highest BCUT2D eigenvalue weighted by Gasteiger charge is 2.42. The fraction of sp³-hybridized carbons (Fsp3) is 0.615. The molecule has 1 fully saturated rings. The van der Waals surface area contributed by atoms with Crippen LogP contribution >= 0.6 is 0 Å². The number of amides is 1. The van der Waals surface area contributed by atoms with Crippen molar-refractivity contribution in [2.45, 2.75) is 32.3 Å². The molecule has 0 radical (unpaired) electrons. The predicted octanol–water partition coefficient (Wildman–Crippen LogP) is 1.44. The van der Waals surface area contributed by atoms with E-state index < -0.39 is 23.6 Å². The molecule has 2 N–H and O–H groups in total. The molecule has 0 bridgehead atoms. The number of aromatic amines is 1. The molecule has 7 nitrogen and oxygen atoms in total. The highest BCUT2D eigenvalue weighted by molar-refractivity contribution is 5.75. The quantitative estimate of drug-likeness (QED) is 0.855. The van der Waals surface area contributed by atoms with E-state index in [1.807, 2.05) is 0 Å². The zero-order valence-electron chi connectivity index (χ0n) is 11.8. The first-order valence-corrected chi connectivity index (χ1v) is 6.48. The van der Waals surface area contributed by atoms with Crippen LogP contribution in [-0.2, 0) is 9.53 Å². The minimum Gasteiger partial charge on any atom is -0.481 e. The van der Waals surface area contributed by atoms with E-state index in [1.54, 1.807) is 33.2 Å². The van der Waals surface area contributed by atoms with E-state index in [0.717, 1.165) is 0 Å². The summed E-state index contributed by atoms with van der Waals surface area (Å²) in [6.07, 6.45) is 2.73. The molecule has 2 rings (SSSR count). The van der Waals surface area contributed by atoms with Gasteiger partial charge in [-0.1, -0.05) is 0 Å². The summed E-state index contributed by atoms with van der Waals surface area (Å²) >= 11 is 0. The Hall–Kier alpha value is -2.05. The third kappa shape index (κ3) is 3.09. The van der Waals surface area contributed by atoms with Crippen molar-refractivity contribution in [3.8, 4) is 0 Å². The van der Waals surface area contributed by atoms with Gasteiger partial charge in [0.15, 0.2) is 0 Å². The Kier molecular flexibility index (Phi) is 3.69. The molecule has 2 heterocycles. The minimum absolute atomic E-state index is 0.135. The van der Waals surface area contributed by atoms with Crippen LogP contribution in [0.2, 0.25) is 0 Å². The molecule has 2 atom stereocenters. The number of carbonyl (C=O) groups excluding carboxylic acids is 1. The Morgan fingerprint density at radius 3 is 2.65 bits per heavy atom. The van der Waals surface area contributed by atoms with Crippen LogP contribution < -0.4 is 0 Å². The molecule has 1 aliphatic heterocycles. The van der Waals surface area contributed by atoms with Crippen molar-refractivity contribution in [1.82, 2.24) is 14.9 Å². The maximum Gasteiger partial charge on any atom is 0.410 e. The van der Waals surface area contributed by atoms with Gasteiger partial charge in [-0.25, -0.2) is 9.78 Å². The van der Waals surface area contributed by atoms with Crippen LogP contribution in [-0.4, -0.2) is 50.7 Å². The lowest BCUT2D eigenvalue weighted by Crippen LogP contribution is -2.35. The molecule has 1 aromatic rings. The average Bonchev–Trinajstić information content (AvgIpc) is 2.95. The number of imidazole rings is 1. The zero-order valence-corrected chi connectivity index (χ0v) is 11.8. The number of likely N-dealkylation sites (tertiary alicyclic amines) is 1. The first-order chi connectivity index (χ1) is 9.28. The van der Waals surface area contributed by atoms with Gasteiger partial charge < -0.3 is 19.7 Å². The first-order valence-electron chi connectivity index (χ1n) is 6.48. The van der Waals surface area contributed by atoms with Crippen molar-refractivity contribution in [3.63, 3.8) is 0 Å². The van der Waals surface area contributed by atoms with E-state index in [4.69, 9.17) is 4.74 Å². The lowest BCUT2D eigenvalue weighted by molar-refractivity contribution is -0.141. The normalized spacial score (nSPS) is 22.9. The molecule has 0 spiro atoms. The van der Waals surface area contributed by atoms with Crippen LogP contribution in [0.25, 0.3) is 0 Å². The SMILES string of the molecule is CC(C)(C)OC(=O)N1CC(C(=O)O)C(c2ncc[nH]2)C1. The monoisotopic (exact) mass is 281 g/mol. The highest BCUT2D eigenvalue weighted by Crippen LogP contribution is 2.31. The van der Waals surface area contributed by atoms with Gasteiger partial charge in [0, 0.05) is 31.4 Å². The van der Waals surface area contributed by atoms with Crippen LogP contribution in [0.3, 0.4) is 0 Å². The maximum absolute atomic E-state index is 12.0. The Labute approximate surface area is 116 Å². The van der Waals surface area contributed by atoms with Gasteiger partial charge in [-0.05, 0) is 20.8 Å².